The van der Waals surface area contributed by atoms with Crippen LogP contribution in [-0.4, -0.2) is 36.0 Å². The molecular weight excluding hydrogens is 390 g/mol. The molecule has 0 saturated heterocycles. The average Bonchev–Trinajstić information content (AvgIpc) is 2.76. The van der Waals surface area contributed by atoms with E-state index >= 15 is 0 Å². The van der Waals surface area contributed by atoms with Gasteiger partial charge in [-0.15, -0.1) is 0 Å². The van der Waals surface area contributed by atoms with Gasteiger partial charge < -0.3 is 14.8 Å². The molecule has 9 heteroatoms. The zero-order chi connectivity index (χ0) is 21.8. The number of esters is 2. The lowest BCUT2D eigenvalue weighted by Gasteiger charge is -2.13. The van der Waals surface area contributed by atoms with E-state index in [1.807, 2.05) is 18.2 Å². The summed E-state index contributed by atoms with van der Waals surface area (Å²) in [5, 5.41) is 14.7. The average molecular weight is 409 g/mol. The van der Waals surface area contributed by atoms with Gasteiger partial charge in [0.2, 0.25) is 0 Å². The van der Waals surface area contributed by atoms with Crippen molar-refractivity contribution in [2.45, 2.75) is 13.5 Å². The number of rotatable bonds is 6. The van der Waals surface area contributed by atoms with Gasteiger partial charge in [-0.1, -0.05) is 18.2 Å². The lowest BCUT2D eigenvalue weighted by Crippen LogP contribution is -2.14. The van der Waals surface area contributed by atoms with Gasteiger partial charge in [-0.3, -0.25) is 10.1 Å². The second kappa shape index (κ2) is 8.56. The highest BCUT2D eigenvalue weighted by molar-refractivity contribution is 5.98. The number of pyridine rings is 1. The Bertz CT molecular complexity index is 1160. The smallest absolute Gasteiger partial charge is 0.340 e. The number of nitro groups is 1. The normalized spacial score (nSPS) is 10.5. The standard InChI is InChI=1S/C21H19N3O6/c1-12-14-6-4-5-7-15(14)23-17(19(12)21(26)29-3)11-30-20(25)13-8-9-16(22-2)18(10-13)24(27)28/h4-10,22H,11H2,1-3H3. The molecule has 0 fully saturated rings. The number of methoxy groups -OCH3 is 1. The van der Waals surface area contributed by atoms with Crippen LogP contribution in [0.3, 0.4) is 0 Å². The molecule has 0 spiro atoms. The third kappa shape index (κ3) is 3.90. The molecule has 2 aromatic carbocycles. The van der Waals surface area contributed by atoms with E-state index in [-0.39, 0.29) is 34.8 Å². The summed E-state index contributed by atoms with van der Waals surface area (Å²) in [6.07, 6.45) is 0. The Balaban J connectivity index is 1.93. The molecule has 0 amide bonds. The Hall–Kier alpha value is -4.01. The maximum atomic E-state index is 12.5. The number of anilines is 1. The number of carbonyl (C=O) groups is 2. The number of aromatic nitrogens is 1. The van der Waals surface area contributed by atoms with E-state index in [4.69, 9.17) is 9.47 Å². The topological polar surface area (TPSA) is 121 Å². The van der Waals surface area contributed by atoms with Crippen molar-refractivity contribution in [3.63, 3.8) is 0 Å². The first-order valence-corrected chi connectivity index (χ1v) is 8.97. The number of ether oxygens (including phenoxy) is 2. The first kappa shape index (κ1) is 20.7. The van der Waals surface area contributed by atoms with Crippen LogP contribution in [0.4, 0.5) is 11.4 Å². The quantitative estimate of drug-likeness (QED) is 0.372. The van der Waals surface area contributed by atoms with E-state index in [0.29, 0.717) is 11.1 Å². The molecule has 0 aliphatic rings. The first-order chi connectivity index (χ1) is 14.4. The van der Waals surface area contributed by atoms with Gasteiger partial charge in [-0.25, -0.2) is 14.6 Å². The monoisotopic (exact) mass is 409 g/mol. The summed E-state index contributed by atoms with van der Waals surface area (Å²) in [7, 11) is 2.80. The maximum Gasteiger partial charge on any atom is 0.340 e. The van der Waals surface area contributed by atoms with E-state index in [1.54, 1.807) is 20.0 Å². The van der Waals surface area contributed by atoms with Crippen LogP contribution >= 0.6 is 0 Å². The van der Waals surface area contributed by atoms with Crippen molar-refractivity contribution in [3.05, 3.63) is 75.0 Å². The summed E-state index contributed by atoms with van der Waals surface area (Å²) in [6.45, 7) is 1.47. The number of benzene rings is 2. The van der Waals surface area contributed by atoms with Crippen LogP contribution in [0.2, 0.25) is 0 Å². The molecule has 3 rings (SSSR count). The molecule has 0 atom stereocenters. The molecule has 0 saturated carbocycles. The van der Waals surface area contributed by atoms with Gasteiger partial charge >= 0.3 is 11.9 Å². The van der Waals surface area contributed by atoms with Crippen LogP contribution in [-0.2, 0) is 16.1 Å². The van der Waals surface area contributed by atoms with Crippen LogP contribution in [0, 0.1) is 17.0 Å². The Kier molecular flexibility index (Phi) is 5.91. The van der Waals surface area contributed by atoms with Crippen molar-refractivity contribution in [1.29, 1.82) is 0 Å². The number of nitrogens with one attached hydrogen (secondary N) is 1. The van der Waals surface area contributed by atoms with Gasteiger partial charge in [0.25, 0.3) is 5.69 Å². The summed E-state index contributed by atoms with van der Waals surface area (Å²) in [5.74, 6) is -1.37. The minimum atomic E-state index is -0.774. The molecule has 1 N–H and O–H groups in total. The van der Waals surface area contributed by atoms with E-state index in [2.05, 4.69) is 10.3 Å². The van der Waals surface area contributed by atoms with Gasteiger partial charge in [0.15, 0.2) is 0 Å². The van der Waals surface area contributed by atoms with Crippen LogP contribution < -0.4 is 5.32 Å². The second-order valence-electron chi connectivity index (χ2n) is 6.38. The third-order valence-corrected chi connectivity index (χ3v) is 4.66. The minimum Gasteiger partial charge on any atom is -0.465 e. The molecule has 30 heavy (non-hydrogen) atoms. The van der Waals surface area contributed by atoms with E-state index in [9.17, 15) is 19.7 Å². The lowest BCUT2D eigenvalue weighted by molar-refractivity contribution is -0.384. The second-order valence-corrected chi connectivity index (χ2v) is 6.38. The Morgan fingerprint density at radius 1 is 1.17 bits per heavy atom. The van der Waals surface area contributed by atoms with Crippen molar-refractivity contribution in [1.82, 2.24) is 4.98 Å². The first-order valence-electron chi connectivity index (χ1n) is 8.97. The number of hydrogen-bond acceptors (Lipinski definition) is 8. The number of nitro benzene ring substituents is 1. The SMILES string of the molecule is CNc1ccc(C(=O)OCc2nc3ccccc3c(C)c2C(=O)OC)cc1[N+](=O)[O-]. The summed E-state index contributed by atoms with van der Waals surface area (Å²) in [6, 6.07) is 11.2. The molecule has 0 radical (unpaired) electrons. The van der Waals surface area contributed by atoms with Gasteiger partial charge in [0.05, 0.1) is 34.4 Å². The predicted molar refractivity (Wildman–Crippen MR) is 110 cm³/mol. The predicted octanol–water partition coefficient (Wildman–Crippen LogP) is 3.64. The number of nitrogens with zero attached hydrogens (tertiary/aromatic N) is 2. The van der Waals surface area contributed by atoms with Gasteiger partial charge in [-0.2, -0.15) is 0 Å². The highest BCUT2D eigenvalue weighted by atomic mass is 16.6. The molecule has 3 aromatic rings. The molecular formula is C21H19N3O6. The number of aryl methyl sites for hydroxylation is 1. The third-order valence-electron chi connectivity index (χ3n) is 4.66. The van der Waals surface area contributed by atoms with Crippen LogP contribution in [0.1, 0.15) is 32.0 Å². The van der Waals surface area contributed by atoms with Crippen molar-refractivity contribution >= 4 is 34.2 Å². The zero-order valence-corrected chi connectivity index (χ0v) is 16.6. The van der Waals surface area contributed by atoms with E-state index in [0.717, 1.165) is 11.5 Å². The highest BCUT2D eigenvalue weighted by Gasteiger charge is 2.22. The largest absolute Gasteiger partial charge is 0.465 e. The fourth-order valence-electron chi connectivity index (χ4n) is 3.16. The molecule has 0 aliphatic heterocycles. The van der Waals surface area contributed by atoms with Crippen molar-refractivity contribution in [2.24, 2.45) is 0 Å². The molecule has 154 valence electrons. The van der Waals surface area contributed by atoms with Crippen molar-refractivity contribution in [3.8, 4) is 0 Å². The summed E-state index contributed by atoms with van der Waals surface area (Å²) >= 11 is 0. The van der Waals surface area contributed by atoms with Gasteiger partial charge in [0, 0.05) is 18.5 Å². The van der Waals surface area contributed by atoms with Gasteiger partial charge in [-0.05, 0) is 30.7 Å². The van der Waals surface area contributed by atoms with Crippen LogP contribution in [0.25, 0.3) is 10.9 Å². The number of fused-ring (bicyclic) bond motifs is 1. The number of para-hydroxylation sites is 1. The molecule has 0 aliphatic carbocycles. The highest BCUT2D eigenvalue weighted by Crippen LogP contribution is 2.27. The fourth-order valence-corrected chi connectivity index (χ4v) is 3.16. The van der Waals surface area contributed by atoms with Crippen molar-refractivity contribution < 1.29 is 24.0 Å². The molecule has 9 nitrogen and oxygen atoms in total. The van der Waals surface area contributed by atoms with Crippen LogP contribution in [0.15, 0.2) is 42.5 Å². The maximum absolute atomic E-state index is 12.5. The summed E-state index contributed by atoms with van der Waals surface area (Å²) in [5.41, 5.74) is 1.81. The van der Waals surface area contributed by atoms with E-state index in [1.165, 1.54) is 19.2 Å². The van der Waals surface area contributed by atoms with Gasteiger partial charge in [0.1, 0.15) is 12.3 Å². The summed E-state index contributed by atoms with van der Waals surface area (Å²) < 4.78 is 10.2. The minimum absolute atomic E-state index is 0.0119. The zero-order valence-electron chi connectivity index (χ0n) is 16.6. The summed E-state index contributed by atoms with van der Waals surface area (Å²) in [4.78, 5) is 39.9. The molecule has 0 bridgehead atoms. The van der Waals surface area contributed by atoms with Crippen molar-refractivity contribution in [2.75, 3.05) is 19.5 Å². The molecule has 0 unspecified atom stereocenters. The molecule has 1 heterocycles. The number of carbonyl (C=O) groups excluding carboxylic acids is 2. The van der Waals surface area contributed by atoms with E-state index < -0.39 is 16.9 Å². The Morgan fingerprint density at radius 3 is 2.57 bits per heavy atom. The Morgan fingerprint density at radius 2 is 1.90 bits per heavy atom. The molecule has 1 aromatic heterocycles. The van der Waals surface area contributed by atoms with Crippen LogP contribution in [0.5, 0.6) is 0 Å². The lowest BCUT2D eigenvalue weighted by atomic mass is 10.0. The Labute approximate surface area is 171 Å². The number of hydrogen-bond donors (Lipinski definition) is 1. The fraction of sp³-hybridized carbons (Fsp3) is 0.190.